The van der Waals surface area contributed by atoms with Gasteiger partial charge in [-0.2, -0.15) is 0 Å². The van der Waals surface area contributed by atoms with E-state index >= 15 is 0 Å². The molecular weight excluding hydrogens is 636 g/mol. The maximum absolute atomic E-state index is 14.0. The number of methoxy groups -OCH3 is 1. The van der Waals surface area contributed by atoms with Crippen LogP contribution in [-0.2, 0) is 18.9 Å². The molecule has 10 heteroatoms. The van der Waals surface area contributed by atoms with Crippen molar-refractivity contribution in [2.24, 2.45) is 0 Å². The largest absolute Gasteiger partial charge is 0.382 e. The standard InChI is InChI=1S/C40H42N2O8/c1-5-6-17-48-18-7-16-41-37(43)29-12-8-25-27-10-14-31-36-32(15-11-28(34(27)36)26-9-13-30(38(41)44)35(29)33(25)26)40(46)42(39(31)45)23(2)21-50-24(3)22-49-20-19-47-4/h8-15,23-24H,5-7,16-22H2,1-4H3. The van der Waals surface area contributed by atoms with E-state index in [1.54, 1.807) is 31.4 Å². The van der Waals surface area contributed by atoms with E-state index in [0.29, 0.717) is 72.5 Å². The van der Waals surface area contributed by atoms with E-state index in [4.69, 9.17) is 18.9 Å². The first-order valence-corrected chi connectivity index (χ1v) is 17.5. The second-order valence-electron chi connectivity index (χ2n) is 13.3. The third-order valence-electron chi connectivity index (χ3n) is 9.91. The van der Waals surface area contributed by atoms with Crippen LogP contribution in [0.4, 0.5) is 0 Å². The number of hydrogen-bond acceptors (Lipinski definition) is 8. The fourth-order valence-corrected chi connectivity index (χ4v) is 7.43. The van der Waals surface area contributed by atoms with E-state index in [2.05, 4.69) is 6.92 Å². The lowest BCUT2D eigenvalue weighted by Crippen LogP contribution is -2.48. The molecule has 0 fully saturated rings. The van der Waals surface area contributed by atoms with Crippen LogP contribution < -0.4 is 0 Å². The number of amides is 4. The first-order chi connectivity index (χ1) is 24.3. The van der Waals surface area contributed by atoms with Crippen molar-refractivity contribution in [2.45, 2.75) is 52.2 Å². The van der Waals surface area contributed by atoms with Crippen LogP contribution in [0.2, 0.25) is 0 Å². The maximum Gasteiger partial charge on any atom is 0.261 e. The zero-order chi connectivity index (χ0) is 35.1. The van der Waals surface area contributed by atoms with Crippen molar-refractivity contribution in [3.8, 4) is 0 Å². The van der Waals surface area contributed by atoms with E-state index < -0.39 is 6.04 Å². The number of nitrogens with zero attached hydrogens (tertiary/aromatic N) is 2. The number of benzene rings is 5. The van der Waals surface area contributed by atoms with E-state index in [0.717, 1.165) is 45.2 Å². The molecule has 0 spiro atoms. The van der Waals surface area contributed by atoms with Crippen molar-refractivity contribution < 1.29 is 38.1 Å². The van der Waals surface area contributed by atoms with Gasteiger partial charge in [-0.15, -0.1) is 0 Å². The van der Waals surface area contributed by atoms with Gasteiger partial charge in [0.15, 0.2) is 0 Å². The van der Waals surface area contributed by atoms with Gasteiger partial charge in [0.05, 0.1) is 38.6 Å². The molecule has 2 heterocycles. The number of rotatable bonds is 16. The Labute approximate surface area is 290 Å². The van der Waals surface area contributed by atoms with Crippen molar-refractivity contribution >= 4 is 66.7 Å². The number of ether oxygens (including phenoxy) is 4. The van der Waals surface area contributed by atoms with Crippen molar-refractivity contribution in [1.29, 1.82) is 0 Å². The molecule has 0 aliphatic carbocycles. The predicted octanol–water partition coefficient (Wildman–Crippen LogP) is 6.59. The summed E-state index contributed by atoms with van der Waals surface area (Å²) in [4.78, 5) is 58.2. The van der Waals surface area contributed by atoms with Crippen LogP contribution in [-0.4, -0.2) is 98.9 Å². The predicted molar refractivity (Wildman–Crippen MR) is 191 cm³/mol. The summed E-state index contributed by atoms with van der Waals surface area (Å²) in [5, 5.41) is 6.36. The van der Waals surface area contributed by atoms with Crippen LogP contribution in [0, 0.1) is 0 Å². The number of fused-ring (bicyclic) bond motifs is 2. The van der Waals surface area contributed by atoms with E-state index in [1.165, 1.54) is 9.80 Å². The van der Waals surface area contributed by atoms with Gasteiger partial charge in [-0.25, -0.2) is 0 Å². The number of hydrogen-bond donors (Lipinski definition) is 0. The summed E-state index contributed by atoms with van der Waals surface area (Å²) in [7, 11) is 1.61. The monoisotopic (exact) mass is 678 g/mol. The Morgan fingerprint density at radius 3 is 1.58 bits per heavy atom. The van der Waals surface area contributed by atoms with Crippen LogP contribution in [0.25, 0.3) is 43.1 Å². The number of carbonyl (C=O) groups is 4. The van der Waals surface area contributed by atoms with Gasteiger partial charge in [0, 0.05) is 59.9 Å². The minimum Gasteiger partial charge on any atom is -0.382 e. The molecule has 4 amide bonds. The summed E-state index contributed by atoms with van der Waals surface area (Å²) in [6, 6.07) is 14.4. The topological polar surface area (TPSA) is 112 Å². The summed E-state index contributed by atoms with van der Waals surface area (Å²) in [6.07, 6.45) is 2.37. The molecule has 0 bridgehead atoms. The quantitative estimate of drug-likeness (QED) is 0.0498. The average Bonchev–Trinajstić information content (AvgIpc) is 3.12. The molecule has 0 aromatic heterocycles. The fourth-order valence-electron chi connectivity index (χ4n) is 7.43. The Hall–Kier alpha value is -4.48. The Morgan fingerprint density at radius 1 is 0.580 bits per heavy atom. The Bertz CT molecular complexity index is 2020. The third kappa shape index (κ3) is 5.60. The highest BCUT2D eigenvalue weighted by atomic mass is 16.5. The molecule has 5 aromatic carbocycles. The molecule has 0 saturated carbocycles. The third-order valence-corrected chi connectivity index (χ3v) is 9.91. The average molecular weight is 679 g/mol. The van der Waals surface area contributed by atoms with E-state index in [9.17, 15) is 19.2 Å². The fraction of sp³-hybridized carbons (Fsp3) is 0.400. The molecule has 5 aromatic rings. The minimum atomic E-state index is -0.507. The van der Waals surface area contributed by atoms with Crippen molar-refractivity contribution in [3.63, 3.8) is 0 Å². The molecule has 2 unspecified atom stereocenters. The van der Waals surface area contributed by atoms with Gasteiger partial charge in [0.2, 0.25) is 0 Å². The summed E-state index contributed by atoms with van der Waals surface area (Å²) in [6.45, 7) is 8.74. The molecule has 10 nitrogen and oxygen atoms in total. The first-order valence-electron chi connectivity index (χ1n) is 17.5. The van der Waals surface area contributed by atoms with Gasteiger partial charge < -0.3 is 18.9 Å². The second-order valence-corrected chi connectivity index (χ2v) is 13.3. The zero-order valence-electron chi connectivity index (χ0n) is 29.0. The highest BCUT2D eigenvalue weighted by Gasteiger charge is 2.38. The smallest absolute Gasteiger partial charge is 0.261 e. The van der Waals surface area contributed by atoms with Crippen LogP contribution >= 0.6 is 0 Å². The summed E-state index contributed by atoms with van der Waals surface area (Å²) < 4.78 is 22.2. The summed E-state index contributed by atoms with van der Waals surface area (Å²) in [5.74, 6) is -1.35. The molecular formula is C40H42N2O8. The zero-order valence-corrected chi connectivity index (χ0v) is 29.0. The Balaban J connectivity index is 1.23. The highest BCUT2D eigenvalue weighted by Crippen LogP contribution is 2.46. The van der Waals surface area contributed by atoms with Crippen LogP contribution in [0.5, 0.6) is 0 Å². The summed E-state index contributed by atoms with van der Waals surface area (Å²) >= 11 is 0. The normalized spacial score (nSPS) is 15.8. The Morgan fingerprint density at radius 2 is 1.08 bits per heavy atom. The van der Waals surface area contributed by atoms with Crippen molar-refractivity contribution in [1.82, 2.24) is 9.80 Å². The van der Waals surface area contributed by atoms with Gasteiger partial charge in [-0.3, -0.25) is 29.0 Å². The van der Waals surface area contributed by atoms with Crippen molar-refractivity contribution in [2.75, 3.05) is 53.3 Å². The van der Waals surface area contributed by atoms with Crippen LogP contribution in [0.3, 0.4) is 0 Å². The molecule has 0 saturated heterocycles. The van der Waals surface area contributed by atoms with E-state index in [1.807, 2.05) is 38.1 Å². The van der Waals surface area contributed by atoms with Crippen LogP contribution in [0.15, 0.2) is 48.5 Å². The molecule has 260 valence electrons. The minimum absolute atomic E-state index is 0.169. The van der Waals surface area contributed by atoms with Gasteiger partial charge in [0.25, 0.3) is 23.6 Å². The molecule has 50 heavy (non-hydrogen) atoms. The molecule has 2 aliphatic heterocycles. The van der Waals surface area contributed by atoms with Gasteiger partial charge in [-0.05, 0) is 83.3 Å². The highest BCUT2D eigenvalue weighted by molar-refractivity contribution is 6.41. The molecule has 0 N–H and O–H groups in total. The lowest BCUT2D eigenvalue weighted by molar-refractivity contribution is -0.0312. The number of imide groups is 2. The van der Waals surface area contributed by atoms with Gasteiger partial charge in [0.1, 0.15) is 0 Å². The van der Waals surface area contributed by atoms with Gasteiger partial charge >= 0.3 is 0 Å². The molecule has 7 rings (SSSR count). The lowest BCUT2D eigenvalue weighted by atomic mass is 9.82. The SMILES string of the molecule is CCCCOCCCN1C(=O)c2ccc3c4ccc5c6c(ccc(c7ccc(c2c37)C1=O)c64)C(=O)N(C(C)COC(C)COCCOC)C5=O. The van der Waals surface area contributed by atoms with Crippen LogP contribution in [0.1, 0.15) is 81.5 Å². The maximum atomic E-state index is 14.0. The molecule has 0 radical (unpaired) electrons. The molecule has 2 aliphatic rings. The van der Waals surface area contributed by atoms with Gasteiger partial charge in [-0.1, -0.05) is 37.6 Å². The van der Waals surface area contributed by atoms with Crippen molar-refractivity contribution in [3.05, 3.63) is 70.8 Å². The second kappa shape index (κ2) is 14.0. The Kier molecular flexibility index (Phi) is 9.54. The first kappa shape index (κ1) is 34.0. The summed E-state index contributed by atoms with van der Waals surface area (Å²) in [5.41, 5.74) is 1.90. The van der Waals surface area contributed by atoms with E-state index in [-0.39, 0.29) is 42.9 Å². The number of unbranched alkanes of at least 4 members (excludes halogenated alkanes) is 1. The number of carbonyl (C=O) groups excluding carboxylic acids is 4. The lowest BCUT2D eigenvalue weighted by Gasteiger charge is -2.33. The molecule has 2 atom stereocenters.